The number of rotatable bonds is 9. The molecule has 6 nitrogen and oxygen atoms in total. The molecule has 0 aliphatic heterocycles. The molecule has 0 heterocycles. The number of nitrogens with one attached hydrogen (secondary N) is 1. The van der Waals surface area contributed by atoms with Gasteiger partial charge in [-0.3, -0.25) is 4.79 Å². The third-order valence-corrected chi connectivity index (χ3v) is 5.25. The lowest BCUT2D eigenvalue weighted by Gasteiger charge is -2.42. The van der Waals surface area contributed by atoms with Crippen LogP contribution in [0.3, 0.4) is 0 Å². The molecule has 136 valence electrons. The first-order valence-corrected chi connectivity index (χ1v) is 8.94. The first-order chi connectivity index (χ1) is 12.0. The molecule has 0 radical (unpaired) electrons. The van der Waals surface area contributed by atoms with E-state index in [1.807, 2.05) is 6.92 Å². The SMILES string of the molecule is CCOc1cc(C(=O)NCC2(C3CC3)CCC2)ccc1OCC(=O)O. The Morgan fingerprint density at radius 1 is 1.24 bits per heavy atom. The topological polar surface area (TPSA) is 84.9 Å². The van der Waals surface area contributed by atoms with E-state index in [1.165, 1.54) is 32.1 Å². The van der Waals surface area contributed by atoms with Crippen LogP contribution in [0.5, 0.6) is 11.5 Å². The number of aliphatic carboxylic acids is 1. The monoisotopic (exact) mass is 347 g/mol. The molecular formula is C19H25NO5. The molecule has 0 saturated heterocycles. The molecule has 25 heavy (non-hydrogen) atoms. The van der Waals surface area contributed by atoms with Crippen LogP contribution in [0, 0.1) is 11.3 Å². The molecule has 0 atom stereocenters. The zero-order valence-corrected chi connectivity index (χ0v) is 14.5. The van der Waals surface area contributed by atoms with Crippen LogP contribution in [-0.4, -0.2) is 36.7 Å². The van der Waals surface area contributed by atoms with Crippen molar-refractivity contribution in [3.63, 3.8) is 0 Å². The van der Waals surface area contributed by atoms with Crippen LogP contribution in [0.2, 0.25) is 0 Å². The first-order valence-electron chi connectivity index (χ1n) is 8.94. The summed E-state index contributed by atoms with van der Waals surface area (Å²) in [7, 11) is 0. The minimum atomic E-state index is -1.06. The number of hydrogen-bond donors (Lipinski definition) is 2. The van der Waals surface area contributed by atoms with E-state index >= 15 is 0 Å². The van der Waals surface area contributed by atoms with Crippen molar-refractivity contribution in [3.8, 4) is 11.5 Å². The summed E-state index contributed by atoms with van der Waals surface area (Å²) >= 11 is 0. The van der Waals surface area contributed by atoms with E-state index in [1.54, 1.807) is 18.2 Å². The standard InChI is InChI=1S/C19H25NO5/c1-2-24-16-10-13(4-7-15(16)25-11-17(21)22)18(23)20-12-19(8-3-9-19)14-5-6-14/h4,7,10,14H,2-3,5-6,8-9,11-12H2,1H3,(H,20,23)(H,21,22). The second-order valence-electron chi connectivity index (χ2n) is 6.95. The van der Waals surface area contributed by atoms with Gasteiger partial charge in [-0.15, -0.1) is 0 Å². The summed E-state index contributed by atoms with van der Waals surface area (Å²) in [6.07, 6.45) is 6.27. The Kier molecular flexibility index (Phi) is 5.16. The van der Waals surface area contributed by atoms with Gasteiger partial charge in [0.2, 0.25) is 0 Å². The Bertz CT molecular complexity index is 649. The third-order valence-electron chi connectivity index (χ3n) is 5.25. The van der Waals surface area contributed by atoms with Crippen molar-refractivity contribution < 1.29 is 24.2 Å². The molecule has 6 heteroatoms. The van der Waals surface area contributed by atoms with Crippen molar-refractivity contribution in [2.75, 3.05) is 19.8 Å². The molecule has 2 aliphatic carbocycles. The van der Waals surface area contributed by atoms with Gasteiger partial charge >= 0.3 is 5.97 Å². The van der Waals surface area contributed by atoms with Crippen molar-refractivity contribution in [3.05, 3.63) is 23.8 Å². The van der Waals surface area contributed by atoms with Crippen molar-refractivity contribution in [2.45, 2.75) is 39.0 Å². The number of benzene rings is 1. The van der Waals surface area contributed by atoms with E-state index in [2.05, 4.69) is 5.32 Å². The molecule has 2 saturated carbocycles. The molecule has 1 amide bonds. The van der Waals surface area contributed by atoms with Crippen molar-refractivity contribution >= 4 is 11.9 Å². The van der Waals surface area contributed by atoms with Crippen molar-refractivity contribution in [2.24, 2.45) is 11.3 Å². The number of amides is 1. The highest BCUT2D eigenvalue weighted by Crippen LogP contribution is 2.56. The Morgan fingerprint density at radius 2 is 2.00 bits per heavy atom. The highest BCUT2D eigenvalue weighted by molar-refractivity contribution is 5.95. The molecule has 1 aromatic carbocycles. The molecule has 2 fully saturated rings. The Balaban J connectivity index is 1.65. The van der Waals surface area contributed by atoms with E-state index in [-0.39, 0.29) is 5.91 Å². The average molecular weight is 347 g/mol. The second-order valence-corrected chi connectivity index (χ2v) is 6.95. The molecule has 0 unspecified atom stereocenters. The van der Waals surface area contributed by atoms with E-state index in [9.17, 15) is 9.59 Å². The van der Waals surface area contributed by atoms with E-state index in [0.29, 0.717) is 29.1 Å². The summed E-state index contributed by atoms with van der Waals surface area (Å²) in [4.78, 5) is 23.2. The summed E-state index contributed by atoms with van der Waals surface area (Å²) in [5, 5.41) is 11.8. The van der Waals surface area contributed by atoms with E-state index < -0.39 is 12.6 Å². The largest absolute Gasteiger partial charge is 0.490 e. The fourth-order valence-corrected chi connectivity index (χ4v) is 3.59. The van der Waals surface area contributed by atoms with Gasteiger partial charge in [-0.05, 0) is 62.1 Å². The number of carbonyl (C=O) groups is 2. The Morgan fingerprint density at radius 3 is 2.56 bits per heavy atom. The smallest absolute Gasteiger partial charge is 0.341 e. The van der Waals surface area contributed by atoms with Crippen LogP contribution in [0.1, 0.15) is 49.4 Å². The highest BCUT2D eigenvalue weighted by atomic mass is 16.5. The summed E-state index contributed by atoms with van der Waals surface area (Å²) in [5.41, 5.74) is 0.819. The average Bonchev–Trinajstić information content (AvgIpc) is 3.38. The van der Waals surface area contributed by atoms with Gasteiger partial charge in [0.15, 0.2) is 18.1 Å². The van der Waals surface area contributed by atoms with Gasteiger partial charge in [0, 0.05) is 12.1 Å². The van der Waals surface area contributed by atoms with E-state index in [4.69, 9.17) is 14.6 Å². The minimum Gasteiger partial charge on any atom is -0.490 e. The Labute approximate surface area is 147 Å². The molecule has 0 aromatic heterocycles. The lowest BCUT2D eigenvalue weighted by Crippen LogP contribution is -2.43. The zero-order valence-electron chi connectivity index (χ0n) is 14.5. The second kappa shape index (κ2) is 7.33. The van der Waals surface area contributed by atoms with Gasteiger partial charge in [-0.2, -0.15) is 0 Å². The maximum absolute atomic E-state index is 12.5. The van der Waals surface area contributed by atoms with Gasteiger partial charge in [0.05, 0.1) is 6.61 Å². The number of hydrogen-bond acceptors (Lipinski definition) is 4. The molecule has 2 aliphatic rings. The minimum absolute atomic E-state index is 0.127. The number of ether oxygens (including phenoxy) is 2. The van der Waals surface area contributed by atoms with Crippen LogP contribution in [-0.2, 0) is 4.79 Å². The number of carboxylic acids is 1. The van der Waals surface area contributed by atoms with Gasteiger partial charge in [-0.25, -0.2) is 4.79 Å². The van der Waals surface area contributed by atoms with E-state index in [0.717, 1.165) is 12.5 Å². The maximum Gasteiger partial charge on any atom is 0.341 e. The molecule has 1 aromatic rings. The van der Waals surface area contributed by atoms with Crippen LogP contribution in [0.4, 0.5) is 0 Å². The van der Waals surface area contributed by atoms with Crippen LogP contribution < -0.4 is 14.8 Å². The van der Waals surface area contributed by atoms with Crippen LogP contribution >= 0.6 is 0 Å². The predicted octanol–water partition coefficient (Wildman–Crippen LogP) is 2.86. The Hall–Kier alpha value is -2.24. The zero-order chi connectivity index (χ0) is 17.9. The maximum atomic E-state index is 12.5. The molecule has 0 bridgehead atoms. The summed E-state index contributed by atoms with van der Waals surface area (Å²) in [5.74, 6) is 0.311. The number of carbonyl (C=O) groups excluding carboxylic acids is 1. The lowest BCUT2D eigenvalue weighted by molar-refractivity contribution is -0.139. The molecule has 3 rings (SSSR count). The predicted molar refractivity (Wildman–Crippen MR) is 92.1 cm³/mol. The molecular weight excluding hydrogens is 322 g/mol. The summed E-state index contributed by atoms with van der Waals surface area (Å²) < 4.78 is 10.7. The quantitative estimate of drug-likeness (QED) is 0.717. The summed E-state index contributed by atoms with van der Waals surface area (Å²) in [6.45, 7) is 2.51. The van der Waals surface area contributed by atoms with Gasteiger partial charge in [-0.1, -0.05) is 6.42 Å². The van der Waals surface area contributed by atoms with Crippen molar-refractivity contribution in [1.82, 2.24) is 5.32 Å². The molecule has 2 N–H and O–H groups in total. The fourth-order valence-electron chi connectivity index (χ4n) is 3.59. The lowest BCUT2D eigenvalue weighted by atomic mass is 9.65. The molecule has 0 spiro atoms. The summed E-state index contributed by atoms with van der Waals surface area (Å²) in [6, 6.07) is 4.84. The van der Waals surface area contributed by atoms with Crippen LogP contribution in [0.25, 0.3) is 0 Å². The first kappa shape index (κ1) is 17.6. The van der Waals surface area contributed by atoms with Crippen LogP contribution in [0.15, 0.2) is 18.2 Å². The van der Waals surface area contributed by atoms with Gasteiger partial charge in [0.25, 0.3) is 5.91 Å². The van der Waals surface area contributed by atoms with Gasteiger partial charge < -0.3 is 19.9 Å². The van der Waals surface area contributed by atoms with Gasteiger partial charge in [0.1, 0.15) is 0 Å². The number of carboxylic acid groups (broad SMARTS) is 1. The normalized spacial score (nSPS) is 18.1. The van der Waals surface area contributed by atoms with Crippen molar-refractivity contribution in [1.29, 1.82) is 0 Å². The highest BCUT2D eigenvalue weighted by Gasteiger charge is 2.48. The third kappa shape index (κ3) is 4.06. The fraction of sp³-hybridized carbons (Fsp3) is 0.579.